The van der Waals surface area contributed by atoms with Gasteiger partial charge in [-0.25, -0.2) is 0 Å². The zero-order chi connectivity index (χ0) is 10.4. The summed E-state index contributed by atoms with van der Waals surface area (Å²) in [5.74, 6) is 6.10. The fraction of sp³-hybridized carbons (Fsp3) is 0.333. The molecule has 1 rings (SSSR count). The van der Waals surface area contributed by atoms with Gasteiger partial charge in [0.15, 0.2) is 0 Å². The summed E-state index contributed by atoms with van der Waals surface area (Å²) in [6.07, 6.45) is 0.952. The minimum Gasteiger partial charge on any atom is -0.399 e. The fourth-order valence-corrected chi connectivity index (χ4v) is 1.22. The van der Waals surface area contributed by atoms with Gasteiger partial charge in [0.1, 0.15) is 0 Å². The highest BCUT2D eigenvalue weighted by Gasteiger charge is 1.96. The van der Waals surface area contributed by atoms with E-state index < -0.39 is 0 Å². The van der Waals surface area contributed by atoms with E-state index in [1.807, 2.05) is 19.2 Å². The largest absolute Gasteiger partial charge is 0.399 e. The van der Waals surface area contributed by atoms with Gasteiger partial charge in [0.2, 0.25) is 0 Å². The molecule has 0 amide bonds. The lowest BCUT2D eigenvalue weighted by Gasteiger charge is -2.02. The zero-order valence-electron chi connectivity index (χ0n) is 8.72. The van der Waals surface area contributed by atoms with Crippen LogP contribution >= 0.6 is 0 Å². The van der Waals surface area contributed by atoms with Gasteiger partial charge in [-0.3, -0.25) is 0 Å². The Kier molecular flexibility index (Phi) is 4.03. The van der Waals surface area contributed by atoms with E-state index in [1.54, 1.807) is 0 Å². The Morgan fingerprint density at radius 1 is 1.43 bits per heavy atom. The van der Waals surface area contributed by atoms with Crippen molar-refractivity contribution >= 4 is 5.69 Å². The summed E-state index contributed by atoms with van der Waals surface area (Å²) in [5.41, 5.74) is 8.85. The van der Waals surface area contributed by atoms with Crippen molar-refractivity contribution in [1.82, 2.24) is 5.32 Å². The molecule has 0 bridgehead atoms. The molecule has 2 heteroatoms. The van der Waals surface area contributed by atoms with E-state index in [2.05, 4.69) is 30.1 Å². The van der Waals surface area contributed by atoms with E-state index in [0.29, 0.717) is 6.54 Å². The third-order valence-electron chi connectivity index (χ3n) is 2.02. The van der Waals surface area contributed by atoms with Crippen molar-refractivity contribution in [3.8, 4) is 11.8 Å². The van der Waals surface area contributed by atoms with Gasteiger partial charge in [-0.15, -0.1) is 0 Å². The molecule has 0 spiro atoms. The van der Waals surface area contributed by atoms with Crippen molar-refractivity contribution in [3.05, 3.63) is 29.3 Å². The molecule has 0 heterocycles. The Balaban J connectivity index is 2.86. The molecular weight excluding hydrogens is 172 g/mol. The molecule has 0 aliphatic carbocycles. The highest BCUT2D eigenvalue weighted by atomic mass is 14.8. The molecule has 0 aromatic heterocycles. The van der Waals surface area contributed by atoms with E-state index in [-0.39, 0.29) is 0 Å². The lowest BCUT2D eigenvalue weighted by Crippen LogP contribution is -2.04. The van der Waals surface area contributed by atoms with Crippen LogP contribution in [0.5, 0.6) is 0 Å². The molecule has 0 unspecified atom stereocenters. The molecule has 14 heavy (non-hydrogen) atoms. The molecule has 0 fully saturated rings. The summed E-state index contributed by atoms with van der Waals surface area (Å²) < 4.78 is 0. The average molecular weight is 188 g/mol. The van der Waals surface area contributed by atoms with E-state index in [4.69, 9.17) is 5.73 Å². The minimum absolute atomic E-state index is 0.714. The van der Waals surface area contributed by atoms with Crippen LogP contribution in [-0.2, 0) is 6.42 Å². The van der Waals surface area contributed by atoms with Crippen molar-refractivity contribution in [2.24, 2.45) is 0 Å². The number of nitrogen functional groups attached to an aromatic ring is 1. The monoisotopic (exact) mass is 188 g/mol. The summed E-state index contributed by atoms with van der Waals surface area (Å²) in [4.78, 5) is 0. The van der Waals surface area contributed by atoms with Gasteiger partial charge in [-0.05, 0) is 37.2 Å². The summed E-state index contributed by atoms with van der Waals surface area (Å²) in [7, 11) is 1.88. The normalized spacial score (nSPS) is 9.29. The second-order valence-corrected chi connectivity index (χ2v) is 3.10. The quantitative estimate of drug-likeness (QED) is 0.544. The van der Waals surface area contributed by atoms with Crippen molar-refractivity contribution in [3.63, 3.8) is 0 Å². The molecule has 0 aliphatic heterocycles. The van der Waals surface area contributed by atoms with Gasteiger partial charge < -0.3 is 11.1 Å². The summed E-state index contributed by atoms with van der Waals surface area (Å²) >= 11 is 0. The van der Waals surface area contributed by atoms with Crippen LogP contribution < -0.4 is 11.1 Å². The Morgan fingerprint density at radius 3 is 2.86 bits per heavy atom. The molecule has 0 atom stereocenters. The topological polar surface area (TPSA) is 38.0 Å². The van der Waals surface area contributed by atoms with Gasteiger partial charge in [0.05, 0.1) is 6.54 Å². The number of rotatable bonds is 2. The van der Waals surface area contributed by atoms with Crippen molar-refractivity contribution in [2.45, 2.75) is 13.3 Å². The van der Waals surface area contributed by atoms with Crippen LogP contribution in [-0.4, -0.2) is 13.6 Å². The maximum absolute atomic E-state index is 5.79. The van der Waals surface area contributed by atoms with E-state index in [9.17, 15) is 0 Å². The lowest BCUT2D eigenvalue weighted by molar-refractivity contribution is 0.938. The number of benzene rings is 1. The Bertz CT molecular complexity index is 358. The van der Waals surface area contributed by atoms with Crippen molar-refractivity contribution in [1.29, 1.82) is 0 Å². The molecule has 74 valence electrons. The van der Waals surface area contributed by atoms with Crippen LogP contribution in [0.15, 0.2) is 18.2 Å². The maximum Gasteiger partial charge on any atom is 0.0577 e. The van der Waals surface area contributed by atoms with Gasteiger partial charge in [-0.1, -0.05) is 18.8 Å². The minimum atomic E-state index is 0.714. The summed E-state index contributed by atoms with van der Waals surface area (Å²) in [6.45, 7) is 2.81. The van der Waals surface area contributed by atoms with Crippen LogP contribution in [0.4, 0.5) is 5.69 Å². The Labute approximate surface area is 85.5 Å². The molecule has 1 aromatic rings. The summed E-state index contributed by atoms with van der Waals surface area (Å²) in [5, 5.41) is 2.98. The van der Waals surface area contributed by atoms with E-state index in [0.717, 1.165) is 17.7 Å². The highest BCUT2D eigenvalue weighted by Crippen LogP contribution is 2.13. The molecule has 3 N–H and O–H groups in total. The molecular formula is C12H16N2. The second-order valence-electron chi connectivity index (χ2n) is 3.10. The lowest BCUT2D eigenvalue weighted by atomic mass is 10.1. The van der Waals surface area contributed by atoms with Crippen LogP contribution in [0.3, 0.4) is 0 Å². The number of nitrogens with two attached hydrogens (primary N) is 1. The van der Waals surface area contributed by atoms with Crippen molar-refractivity contribution in [2.75, 3.05) is 19.3 Å². The Morgan fingerprint density at radius 2 is 2.21 bits per heavy atom. The average Bonchev–Trinajstić information content (AvgIpc) is 2.21. The molecule has 0 saturated heterocycles. The SMILES string of the molecule is CCc1cc(C#CCNC)ccc1N. The van der Waals surface area contributed by atoms with Gasteiger partial charge >= 0.3 is 0 Å². The predicted octanol–water partition coefficient (Wildman–Crippen LogP) is 1.40. The first-order valence-corrected chi connectivity index (χ1v) is 4.79. The van der Waals surface area contributed by atoms with Crippen LogP contribution in [0.2, 0.25) is 0 Å². The summed E-state index contributed by atoms with van der Waals surface area (Å²) in [6, 6.07) is 5.93. The molecule has 0 saturated carbocycles. The number of anilines is 1. The number of aryl methyl sites for hydroxylation is 1. The first kappa shape index (κ1) is 10.6. The maximum atomic E-state index is 5.79. The zero-order valence-corrected chi connectivity index (χ0v) is 8.72. The Hall–Kier alpha value is -1.46. The number of hydrogen-bond donors (Lipinski definition) is 2. The van der Waals surface area contributed by atoms with E-state index in [1.165, 1.54) is 5.56 Å². The molecule has 0 radical (unpaired) electrons. The van der Waals surface area contributed by atoms with E-state index >= 15 is 0 Å². The van der Waals surface area contributed by atoms with Crippen molar-refractivity contribution < 1.29 is 0 Å². The highest BCUT2D eigenvalue weighted by molar-refractivity contribution is 5.52. The second kappa shape index (κ2) is 5.31. The first-order valence-electron chi connectivity index (χ1n) is 4.79. The number of hydrogen-bond acceptors (Lipinski definition) is 2. The molecule has 2 nitrogen and oxygen atoms in total. The third kappa shape index (κ3) is 2.79. The van der Waals surface area contributed by atoms with Gasteiger partial charge in [0, 0.05) is 11.3 Å². The van der Waals surface area contributed by atoms with Crippen LogP contribution in [0.25, 0.3) is 0 Å². The number of nitrogens with one attached hydrogen (secondary N) is 1. The van der Waals surface area contributed by atoms with Crippen LogP contribution in [0, 0.1) is 11.8 Å². The predicted molar refractivity (Wildman–Crippen MR) is 61.0 cm³/mol. The molecule has 1 aromatic carbocycles. The van der Waals surface area contributed by atoms with Gasteiger partial charge in [0.25, 0.3) is 0 Å². The molecule has 0 aliphatic rings. The smallest absolute Gasteiger partial charge is 0.0577 e. The van der Waals surface area contributed by atoms with Gasteiger partial charge in [-0.2, -0.15) is 0 Å². The third-order valence-corrected chi connectivity index (χ3v) is 2.02. The standard InChI is InChI=1S/C12H16N2/c1-3-11-9-10(5-4-8-14-2)6-7-12(11)13/h6-7,9,14H,3,8,13H2,1-2H3. The van der Waals surface area contributed by atoms with Crippen LogP contribution in [0.1, 0.15) is 18.1 Å². The first-order chi connectivity index (χ1) is 6.77. The fourth-order valence-electron chi connectivity index (χ4n) is 1.22.